The molecule has 0 aromatic carbocycles. The number of thiophene rings is 1. The molecule has 120 valence electrons. The zero-order valence-electron chi connectivity index (χ0n) is 13.0. The van der Waals surface area contributed by atoms with Crippen LogP contribution in [0.2, 0.25) is 0 Å². The van der Waals surface area contributed by atoms with Gasteiger partial charge in [0.15, 0.2) is 0 Å². The Hall–Kier alpha value is -1.89. The van der Waals surface area contributed by atoms with Crippen LogP contribution in [0.15, 0.2) is 22.7 Å². The van der Waals surface area contributed by atoms with Crippen molar-refractivity contribution < 1.29 is 14.4 Å². The lowest BCUT2D eigenvalue weighted by Crippen LogP contribution is -2.45. The monoisotopic (exact) mass is 323 g/mol. The molecular weight excluding hydrogens is 302 g/mol. The highest BCUT2D eigenvalue weighted by atomic mass is 32.1. The highest BCUT2D eigenvalue weighted by Gasteiger charge is 2.42. The molecule has 0 bridgehead atoms. The van der Waals surface area contributed by atoms with Gasteiger partial charge in [0.2, 0.25) is 11.5 Å². The second kappa shape index (κ2) is 6.91. The number of carbonyl (C=O) groups excluding carboxylic acids is 2. The number of nitrogens with one attached hydrogen (secondary N) is 2. The predicted molar refractivity (Wildman–Crippen MR) is 85.9 cm³/mol. The van der Waals surface area contributed by atoms with Crippen molar-refractivity contribution in [1.29, 1.82) is 0 Å². The molecule has 1 aliphatic heterocycles. The van der Waals surface area contributed by atoms with E-state index in [4.69, 9.17) is 4.84 Å². The van der Waals surface area contributed by atoms with Crippen molar-refractivity contribution in [2.45, 2.75) is 45.3 Å². The minimum Gasteiger partial charge on any atom is -0.379 e. The molecule has 2 rings (SSSR count). The maximum Gasteiger partial charge on any atom is 0.267 e. The Kier molecular flexibility index (Phi) is 5.18. The van der Waals surface area contributed by atoms with E-state index in [1.807, 2.05) is 31.4 Å². The molecule has 0 spiro atoms. The number of nitrogens with zero attached hydrogens (tertiary/aromatic N) is 1. The smallest absolute Gasteiger partial charge is 0.267 e. The van der Waals surface area contributed by atoms with Gasteiger partial charge >= 0.3 is 0 Å². The van der Waals surface area contributed by atoms with Crippen LogP contribution in [0, 0.1) is 0 Å². The van der Waals surface area contributed by atoms with Crippen LogP contribution in [0.4, 0.5) is 0 Å². The summed E-state index contributed by atoms with van der Waals surface area (Å²) >= 11 is 1.56. The van der Waals surface area contributed by atoms with Gasteiger partial charge in [0, 0.05) is 25.4 Å². The molecule has 6 nitrogen and oxygen atoms in total. The van der Waals surface area contributed by atoms with E-state index in [1.54, 1.807) is 18.3 Å². The van der Waals surface area contributed by atoms with E-state index >= 15 is 0 Å². The zero-order valence-corrected chi connectivity index (χ0v) is 13.8. The Labute approximate surface area is 133 Å². The molecule has 1 aromatic rings. The minimum atomic E-state index is -1.01. The Morgan fingerprint density at radius 3 is 2.91 bits per heavy atom. The van der Waals surface area contributed by atoms with Gasteiger partial charge in [0.1, 0.15) is 5.71 Å². The largest absolute Gasteiger partial charge is 0.379 e. The number of hydrogen-bond acceptors (Lipinski definition) is 5. The van der Waals surface area contributed by atoms with Crippen molar-refractivity contribution in [2.75, 3.05) is 6.54 Å². The summed E-state index contributed by atoms with van der Waals surface area (Å²) in [6.07, 6.45) is 0.677. The second-order valence-corrected chi connectivity index (χ2v) is 6.69. The molecule has 0 saturated heterocycles. The van der Waals surface area contributed by atoms with Crippen molar-refractivity contribution in [3.8, 4) is 0 Å². The molecule has 2 amide bonds. The van der Waals surface area contributed by atoms with E-state index in [1.165, 1.54) is 0 Å². The Bertz CT molecular complexity index is 569. The maximum absolute atomic E-state index is 12.2. The van der Waals surface area contributed by atoms with Gasteiger partial charge in [0.25, 0.3) is 5.91 Å². The van der Waals surface area contributed by atoms with Crippen LogP contribution in [0.25, 0.3) is 0 Å². The van der Waals surface area contributed by atoms with Crippen molar-refractivity contribution in [3.05, 3.63) is 22.4 Å². The van der Waals surface area contributed by atoms with Crippen molar-refractivity contribution in [1.82, 2.24) is 10.6 Å². The molecule has 0 fully saturated rings. The van der Waals surface area contributed by atoms with Gasteiger partial charge in [0.05, 0.1) is 4.88 Å². The SMILES string of the molecule is CC(C)NC(=O)CCNC(=O)[C@]1(C)CC(c2cccs2)=NO1. The zero-order chi connectivity index (χ0) is 16.2. The molecule has 22 heavy (non-hydrogen) atoms. The van der Waals surface area contributed by atoms with Gasteiger partial charge in [-0.05, 0) is 32.2 Å². The van der Waals surface area contributed by atoms with Gasteiger partial charge < -0.3 is 15.5 Å². The maximum atomic E-state index is 12.2. The van der Waals surface area contributed by atoms with Gasteiger partial charge in [-0.2, -0.15) is 0 Å². The third-order valence-electron chi connectivity index (χ3n) is 3.24. The van der Waals surface area contributed by atoms with Gasteiger partial charge in [-0.1, -0.05) is 11.2 Å². The molecule has 0 aliphatic carbocycles. The molecule has 2 heterocycles. The minimum absolute atomic E-state index is 0.0803. The summed E-state index contributed by atoms with van der Waals surface area (Å²) in [7, 11) is 0. The van der Waals surface area contributed by atoms with E-state index in [0.717, 1.165) is 10.6 Å². The second-order valence-electron chi connectivity index (χ2n) is 5.74. The first kappa shape index (κ1) is 16.5. The lowest BCUT2D eigenvalue weighted by molar-refractivity contribution is -0.141. The number of rotatable bonds is 6. The summed E-state index contributed by atoms with van der Waals surface area (Å²) in [6, 6.07) is 3.99. The third-order valence-corrected chi connectivity index (χ3v) is 4.15. The van der Waals surface area contributed by atoms with Crippen molar-refractivity contribution in [3.63, 3.8) is 0 Å². The lowest BCUT2D eigenvalue weighted by atomic mass is 9.98. The molecule has 1 atom stereocenters. The first-order chi connectivity index (χ1) is 10.4. The highest BCUT2D eigenvalue weighted by Crippen LogP contribution is 2.28. The molecule has 2 N–H and O–H groups in total. The van der Waals surface area contributed by atoms with Crippen LogP contribution in [-0.2, 0) is 14.4 Å². The van der Waals surface area contributed by atoms with E-state index in [-0.39, 0.29) is 30.8 Å². The van der Waals surface area contributed by atoms with E-state index in [2.05, 4.69) is 15.8 Å². The fourth-order valence-electron chi connectivity index (χ4n) is 2.11. The van der Waals surface area contributed by atoms with Crippen LogP contribution in [0.5, 0.6) is 0 Å². The number of amides is 2. The highest BCUT2D eigenvalue weighted by molar-refractivity contribution is 7.12. The topological polar surface area (TPSA) is 79.8 Å². The fourth-order valence-corrected chi connectivity index (χ4v) is 2.81. The number of hydrogen-bond donors (Lipinski definition) is 2. The third kappa shape index (κ3) is 4.07. The molecule has 1 aliphatic rings. The molecular formula is C15H21N3O3S. The van der Waals surface area contributed by atoms with E-state index in [9.17, 15) is 9.59 Å². The van der Waals surface area contributed by atoms with Crippen LogP contribution >= 0.6 is 11.3 Å². The van der Waals surface area contributed by atoms with Gasteiger partial charge in [-0.3, -0.25) is 9.59 Å². The Morgan fingerprint density at radius 1 is 1.50 bits per heavy atom. The van der Waals surface area contributed by atoms with Crippen LogP contribution < -0.4 is 10.6 Å². The Morgan fingerprint density at radius 2 is 2.27 bits per heavy atom. The molecule has 0 unspecified atom stereocenters. The first-order valence-electron chi connectivity index (χ1n) is 7.27. The number of oxime groups is 1. The van der Waals surface area contributed by atoms with Crippen LogP contribution in [-0.4, -0.2) is 35.7 Å². The van der Waals surface area contributed by atoms with E-state index < -0.39 is 5.60 Å². The standard InChI is InChI=1S/C15H21N3O3S/c1-10(2)17-13(19)6-7-16-14(20)15(3)9-11(18-21-15)12-5-4-8-22-12/h4-5,8,10H,6-7,9H2,1-3H3,(H,16,20)(H,17,19)/t15-/m0/s1. The average molecular weight is 323 g/mol. The van der Waals surface area contributed by atoms with Crippen LogP contribution in [0.3, 0.4) is 0 Å². The molecule has 0 radical (unpaired) electrons. The average Bonchev–Trinajstić information content (AvgIpc) is 3.07. The summed E-state index contributed by atoms with van der Waals surface area (Å²) in [5, 5.41) is 11.5. The lowest BCUT2D eigenvalue weighted by Gasteiger charge is -2.20. The fraction of sp³-hybridized carbons (Fsp3) is 0.533. The quantitative estimate of drug-likeness (QED) is 0.835. The molecule has 1 aromatic heterocycles. The van der Waals surface area contributed by atoms with E-state index in [0.29, 0.717) is 6.42 Å². The van der Waals surface area contributed by atoms with Crippen molar-refractivity contribution >= 4 is 28.9 Å². The summed E-state index contributed by atoms with van der Waals surface area (Å²) < 4.78 is 0. The predicted octanol–water partition coefficient (Wildman–Crippen LogP) is 1.66. The van der Waals surface area contributed by atoms with Gasteiger partial charge in [-0.15, -0.1) is 11.3 Å². The van der Waals surface area contributed by atoms with Crippen LogP contribution in [0.1, 0.15) is 38.5 Å². The Balaban J connectivity index is 1.80. The summed E-state index contributed by atoms with van der Waals surface area (Å²) in [5.74, 6) is -0.330. The first-order valence-corrected chi connectivity index (χ1v) is 8.15. The summed E-state index contributed by atoms with van der Waals surface area (Å²) in [4.78, 5) is 30.1. The molecule has 7 heteroatoms. The van der Waals surface area contributed by atoms with Crippen molar-refractivity contribution in [2.24, 2.45) is 5.16 Å². The number of carbonyl (C=O) groups is 2. The molecule has 0 saturated carbocycles. The summed E-state index contributed by atoms with van der Waals surface area (Å²) in [5.41, 5.74) is -0.224. The summed E-state index contributed by atoms with van der Waals surface area (Å²) in [6.45, 7) is 5.78. The van der Waals surface area contributed by atoms with Gasteiger partial charge in [-0.25, -0.2) is 0 Å². The normalized spacial score (nSPS) is 20.5.